The molecule has 25 heavy (non-hydrogen) atoms. The number of carbonyl (C=O) groups is 1. The highest BCUT2D eigenvalue weighted by Crippen LogP contribution is 2.33. The van der Waals surface area contributed by atoms with Crippen LogP contribution >= 0.6 is 0 Å². The SMILES string of the molecule is Cc1noc2ncc(C(=O)N3C[C@@H](CN)[C@H](c4ccccc4)C3)cc12. The molecule has 1 aromatic carbocycles. The van der Waals surface area contributed by atoms with E-state index in [0.717, 1.165) is 11.1 Å². The van der Waals surface area contributed by atoms with Crippen molar-refractivity contribution in [3.63, 3.8) is 0 Å². The van der Waals surface area contributed by atoms with Crippen molar-refractivity contribution in [2.24, 2.45) is 11.7 Å². The first-order valence-corrected chi connectivity index (χ1v) is 8.43. The fraction of sp³-hybridized carbons (Fsp3) is 0.316. The van der Waals surface area contributed by atoms with Crippen molar-refractivity contribution in [3.8, 4) is 0 Å². The lowest BCUT2D eigenvalue weighted by molar-refractivity contribution is 0.0786. The molecule has 1 aliphatic heterocycles. The Labute approximate surface area is 145 Å². The summed E-state index contributed by atoms with van der Waals surface area (Å²) < 4.78 is 5.12. The zero-order valence-electron chi connectivity index (χ0n) is 14.1. The fourth-order valence-electron chi connectivity index (χ4n) is 3.60. The second-order valence-electron chi connectivity index (χ2n) is 6.57. The molecule has 0 saturated carbocycles. The van der Waals surface area contributed by atoms with Crippen molar-refractivity contribution in [1.29, 1.82) is 0 Å². The van der Waals surface area contributed by atoms with Gasteiger partial charge in [0.15, 0.2) is 0 Å². The van der Waals surface area contributed by atoms with Crippen LogP contribution in [0.3, 0.4) is 0 Å². The average Bonchev–Trinajstić information content (AvgIpc) is 3.25. The number of nitrogens with two attached hydrogens (primary N) is 1. The van der Waals surface area contributed by atoms with Crippen LogP contribution in [0.15, 0.2) is 47.1 Å². The van der Waals surface area contributed by atoms with Gasteiger partial charge < -0.3 is 15.2 Å². The monoisotopic (exact) mass is 336 g/mol. The zero-order valence-corrected chi connectivity index (χ0v) is 14.1. The van der Waals surface area contributed by atoms with Crippen LogP contribution in [0.1, 0.15) is 27.5 Å². The molecule has 1 amide bonds. The molecule has 0 unspecified atom stereocenters. The van der Waals surface area contributed by atoms with Gasteiger partial charge in [0.1, 0.15) is 0 Å². The van der Waals surface area contributed by atoms with Gasteiger partial charge in [0, 0.05) is 25.2 Å². The van der Waals surface area contributed by atoms with Crippen molar-refractivity contribution in [2.45, 2.75) is 12.8 Å². The molecule has 6 nitrogen and oxygen atoms in total. The smallest absolute Gasteiger partial charge is 0.257 e. The Morgan fingerprint density at radius 2 is 2.12 bits per heavy atom. The summed E-state index contributed by atoms with van der Waals surface area (Å²) in [7, 11) is 0. The molecule has 0 spiro atoms. The maximum Gasteiger partial charge on any atom is 0.257 e. The molecule has 0 aliphatic carbocycles. The first-order valence-electron chi connectivity index (χ1n) is 8.43. The van der Waals surface area contributed by atoms with Crippen LogP contribution in [0.25, 0.3) is 11.1 Å². The highest BCUT2D eigenvalue weighted by Gasteiger charge is 2.35. The number of nitrogens with zero attached hydrogens (tertiary/aromatic N) is 3. The van der Waals surface area contributed by atoms with E-state index in [9.17, 15) is 4.79 Å². The number of benzene rings is 1. The number of pyridine rings is 1. The zero-order chi connectivity index (χ0) is 17.4. The van der Waals surface area contributed by atoms with E-state index in [4.69, 9.17) is 10.3 Å². The summed E-state index contributed by atoms with van der Waals surface area (Å²) in [5, 5.41) is 4.67. The Balaban J connectivity index is 1.60. The number of amides is 1. The number of carbonyl (C=O) groups excluding carboxylic acids is 1. The standard InChI is InChI=1S/C19H20N4O2/c1-12-16-7-14(9-21-18(16)25-22-12)19(24)23-10-15(8-20)17(11-23)13-5-3-2-4-6-13/h2-7,9,15,17H,8,10-11,20H2,1H3/t15-,17+/m1/s1. The van der Waals surface area contributed by atoms with Gasteiger partial charge in [-0.25, -0.2) is 4.98 Å². The molecule has 6 heteroatoms. The third kappa shape index (κ3) is 2.78. The molecule has 1 fully saturated rings. The van der Waals surface area contributed by atoms with Crippen LogP contribution in [0.2, 0.25) is 0 Å². The lowest BCUT2D eigenvalue weighted by Crippen LogP contribution is -2.29. The van der Waals surface area contributed by atoms with Crippen LogP contribution in [0.5, 0.6) is 0 Å². The Morgan fingerprint density at radius 3 is 2.88 bits per heavy atom. The van der Waals surface area contributed by atoms with E-state index >= 15 is 0 Å². The second kappa shape index (κ2) is 6.29. The lowest BCUT2D eigenvalue weighted by atomic mass is 9.89. The molecule has 1 saturated heterocycles. The number of rotatable bonds is 3. The molecule has 2 atom stereocenters. The minimum absolute atomic E-state index is 0.0214. The third-order valence-electron chi connectivity index (χ3n) is 5.02. The molecule has 1 aliphatic rings. The Hall–Kier alpha value is -2.73. The van der Waals surface area contributed by atoms with Crippen LogP contribution in [0.4, 0.5) is 0 Å². The van der Waals surface area contributed by atoms with Gasteiger partial charge >= 0.3 is 0 Å². The molecule has 2 aromatic heterocycles. The van der Waals surface area contributed by atoms with Crippen molar-refractivity contribution < 1.29 is 9.32 Å². The second-order valence-corrected chi connectivity index (χ2v) is 6.57. The Bertz CT molecular complexity index is 906. The number of likely N-dealkylation sites (tertiary alicyclic amines) is 1. The van der Waals surface area contributed by atoms with E-state index in [1.165, 1.54) is 5.56 Å². The molecule has 0 radical (unpaired) electrons. The van der Waals surface area contributed by atoms with Gasteiger partial charge in [-0.3, -0.25) is 4.79 Å². The van der Waals surface area contributed by atoms with E-state index in [1.807, 2.05) is 36.1 Å². The van der Waals surface area contributed by atoms with Crippen molar-refractivity contribution in [2.75, 3.05) is 19.6 Å². The molecule has 4 rings (SSSR count). The molecule has 128 valence electrons. The third-order valence-corrected chi connectivity index (χ3v) is 5.02. The van der Waals surface area contributed by atoms with Gasteiger partial charge in [0.25, 0.3) is 11.6 Å². The topological polar surface area (TPSA) is 85.2 Å². The molecule has 3 heterocycles. The largest absolute Gasteiger partial charge is 0.338 e. The lowest BCUT2D eigenvalue weighted by Gasteiger charge is -2.16. The summed E-state index contributed by atoms with van der Waals surface area (Å²) in [5.74, 6) is 0.511. The van der Waals surface area contributed by atoms with Gasteiger partial charge in [0.2, 0.25) is 0 Å². The van der Waals surface area contributed by atoms with Gasteiger partial charge in [-0.05, 0) is 31.0 Å². The van der Waals surface area contributed by atoms with Crippen molar-refractivity contribution in [1.82, 2.24) is 15.0 Å². The van der Waals surface area contributed by atoms with Crippen LogP contribution < -0.4 is 5.73 Å². The Morgan fingerprint density at radius 1 is 1.32 bits per heavy atom. The summed E-state index contributed by atoms with van der Waals surface area (Å²) in [5.41, 5.74) is 8.96. The molecule has 3 aromatic rings. The summed E-state index contributed by atoms with van der Waals surface area (Å²) >= 11 is 0. The summed E-state index contributed by atoms with van der Waals surface area (Å²) in [6.07, 6.45) is 1.56. The number of hydrogen-bond acceptors (Lipinski definition) is 5. The van der Waals surface area contributed by atoms with Gasteiger partial charge in [-0.2, -0.15) is 0 Å². The number of aryl methyl sites for hydroxylation is 1. The van der Waals surface area contributed by atoms with Crippen molar-refractivity contribution >= 4 is 17.0 Å². The van der Waals surface area contributed by atoms with Gasteiger partial charge in [0.05, 0.1) is 16.6 Å². The van der Waals surface area contributed by atoms with E-state index in [-0.39, 0.29) is 17.7 Å². The maximum atomic E-state index is 13.0. The average molecular weight is 336 g/mol. The predicted molar refractivity (Wildman–Crippen MR) is 94.2 cm³/mol. The maximum absolute atomic E-state index is 13.0. The first-order chi connectivity index (χ1) is 12.2. The minimum Gasteiger partial charge on any atom is -0.338 e. The molecule has 0 bridgehead atoms. The highest BCUT2D eigenvalue weighted by atomic mass is 16.5. The Kier molecular flexibility index (Phi) is 3.97. The van der Waals surface area contributed by atoms with Gasteiger partial charge in [-0.1, -0.05) is 35.5 Å². The molecular weight excluding hydrogens is 316 g/mol. The molecule has 2 N–H and O–H groups in total. The van der Waals surface area contributed by atoms with Crippen LogP contribution in [0, 0.1) is 12.8 Å². The normalized spacial score (nSPS) is 20.3. The fourth-order valence-corrected chi connectivity index (χ4v) is 3.60. The summed E-state index contributed by atoms with van der Waals surface area (Å²) in [6.45, 7) is 3.74. The first kappa shape index (κ1) is 15.8. The quantitative estimate of drug-likeness (QED) is 0.793. The van der Waals surface area contributed by atoms with E-state index < -0.39 is 0 Å². The predicted octanol–water partition coefficient (Wildman–Crippen LogP) is 2.35. The minimum atomic E-state index is -0.0214. The van der Waals surface area contributed by atoms with E-state index in [2.05, 4.69) is 22.3 Å². The molecular formula is C19H20N4O2. The number of fused-ring (bicyclic) bond motifs is 1. The van der Waals surface area contributed by atoms with Crippen LogP contribution in [-0.4, -0.2) is 40.6 Å². The number of hydrogen-bond donors (Lipinski definition) is 1. The van der Waals surface area contributed by atoms with E-state index in [1.54, 1.807) is 6.20 Å². The van der Waals surface area contributed by atoms with E-state index in [0.29, 0.717) is 30.9 Å². The van der Waals surface area contributed by atoms with Crippen molar-refractivity contribution in [3.05, 3.63) is 59.4 Å². The highest BCUT2D eigenvalue weighted by molar-refractivity contribution is 5.97. The summed E-state index contributed by atoms with van der Waals surface area (Å²) in [6, 6.07) is 12.1. The van der Waals surface area contributed by atoms with Gasteiger partial charge in [-0.15, -0.1) is 0 Å². The summed E-state index contributed by atoms with van der Waals surface area (Å²) in [4.78, 5) is 19.0. The van der Waals surface area contributed by atoms with Crippen LogP contribution in [-0.2, 0) is 0 Å². The number of aromatic nitrogens is 2.